The number of carboxylic acid groups (broad SMARTS) is 1. The maximum atomic E-state index is 11.4. The zero-order valence-electron chi connectivity index (χ0n) is 22.0. The molecule has 6 aromatic rings. The highest BCUT2D eigenvalue weighted by Gasteiger charge is 2.15. The summed E-state index contributed by atoms with van der Waals surface area (Å²) in [5.41, 5.74) is 8.30. The van der Waals surface area contributed by atoms with E-state index in [0.717, 1.165) is 56.1 Å². The van der Waals surface area contributed by atoms with Crippen molar-refractivity contribution < 1.29 is 14.6 Å². The van der Waals surface area contributed by atoms with Gasteiger partial charge in [0.15, 0.2) is 0 Å². The summed E-state index contributed by atoms with van der Waals surface area (Å²) in [6.45, 7) is 4.02. The number of carboxylic acids is 1. The van der Waals surface area contributed by atoms with Gasteiger partial charge in [-0.2, -0.15) is 5.10 Å². The van der Waals surface area contributed by atoms with Gasteiger partial charge in [0, 0.05) is 23.5 Å². The first-order valence-electron chi connectivity index (χ1n) is 13.0. The molecular weight excluding hydrogens is 500 g/mol. The van der Waals surface area contributed by atoms with E-state index in [9.17, 15) is 9.90 Å². The molecule has 0 saturated heterocycles. The van der Waals surface area contributed by atoms with E-state index in [1.54, 1.807) is 36.7 Å². The summed E-state index contributed by atoms with van der Waals surface area (Å²) in [6.07, 6.45) is 3.48. The fourth-order valence-corrected chi connectivity index (χ4v) is 4.62. The van der Waals surface area contributed by atoms with Crippen molar-refractivity contribution in [1.29, 1.82) is 0 Å². The molecule has 4 aromatic carbocycles. The number of hydrogen-bond acceptors (Lipinski definition) is 5. The van der Waals surface area contributed by atoms with Gasteiger partial charge in [0.25, 0.3) is 0 Å². The van der Waals surface area contributed by atoms with Crippen molar-refractivity contribution >= 4 is 17.0 Å². The SMILES string of the molecule is CC(C)Oc1ccc(-c2ccc(-c3cc(-c4ccc5nccnc5c4)n(-c4ccc(C(=O)O)cc4)n3)cc2)cc1. The number of aromatic nitrogens is 4. The number of aromatic carboxylic acids is 1. The Kier molecular flexibility index (Phi) is 6.54. The number of ether oxygens (including phenoxy) is 1. The lowest BCUT2D eigenvalue weighted by Gasteiger charge is -2.10. The molecule has 0 spiro atoms. The number of carbonyl (C=O) groups is 1. The molecule has 7 heteroatoms. The molecule has 0 radical (unpaired) electrons. The van der Waals surface area contributed by atoms with Gasteiger partial charge in [-0.25, -0.2) is 9.48 Å². The lowest BCUT2D eigenvalue weighted by Crippen LogP contribution is -2.05. The molecule has 0 amide bonds. The number of fused-ring (bicyclic) bond motifs is 1. The van der Waals surface area contributed by atoms with E-state index in [4.69, 9.17) is 9.84 Å². The van der Waals surface area contributed by atoms with E-state index >= 15 is 0 Å². The van der Waals surface area contributed by atoms with Crippen LogP contribution in [-0.4, -0.2) is 36.9 Å². The summed E-state index contributed by atoms with van der Waals surface area (Å²) in [5.74, 6) is -0.118. The summed E-state index contributed by atoms with van der Waals surface area (Å²) in [4.78, 5) is 20.2. The maximum Gasteiger partial charge on any atom is 0.335 e. The third kappa shape index (κ3) is 5.05. The van der Waals surface area contributed by atoms with Crippen molar-refractivity contribution in [2.45, 2.75) is 20.0 Å². The zero-order chi connectivity index (χ0) is 27.6. The van der Waals surface area contributed by atoms with Crippen LogP contribution in [0.1, 0.15) is 24.2 Å². The lowest BCUT2D eigenvalue weighted by molar-refractivity contribution is 0.0697. The van der Waals surface area contributed by atoms with Crippen LogP contribution in [-0.2, 0) is 0 Å². The molecule has 0 aliphatic heterocycles. The van der Waals surface area contributed by atoms with Crippen LogP contribution >= 0.6 is 0 Å². The smallest absolute Gasteiger partial charge is 0.335 e. The molecule has 6 rings (SSSR count). The van der Waals surface area contributed by atoms with Crippen molar-refractivity contribution in [3.05, 3.63) is 115 Å². The molecule has 2 aromatic heterocycles. The van der Waals surface area contributed by atoms with Crippen molar-refractivity contribution in [2.24, 2.45) is 0 Å². The monoisotopic (exact) mass is 526 g/mol. The Morgan fingerprint density at radius 2 is 1.32 bits per heavy atom. The van der Waals surface area contributed by atoms with E-state index in [0.29, 0.717) is 0 Å². The number of rotatable bonds is 7. The van der Waals surface area contributed by atoms with Gasteiger partial charge in [-0.05, 0) is 79.6 Å². The molecule has 0 saturated carbocycles. The predicted molar refractivity (Wildman–Crippen MR) is 156 cm³/mol. The van der Waals surface area contributed by atoms with Gasteiger partial charge in [-0.1, -0.05) is 42.5 Å². The third-order valence-corrected chi connectivity index (χ3v) is 6.57. The Morgan fingerprint density at radius 3 is 1.98 bits per heavy atom. The van der Waals surface area contributed by atoms with Gasteiger partial charge in [0.05, 0.1) is 39.8 Å². The predicted octanol–water partition coefficient (Wildman–Crippen LogP) is 7.30. The second-order valence-electron chi connectivity index (χ2n) is 9.71. The summed E-state index contributed by atoms with van der Waals surface area (Å²) >= 11 is 0. The first kappa shape index (κ1) is 25.0. The molecule has 2 heterocycles. The van der Waals surface area contributed by atoms with E-state index in [1.165, 1.54) is 0 Å². The molecular formula is C33H26N4O3. The van der Waals surface area contributed by atoms with Gasteiger partial charge >= 0.3 is 5.97 Å². The van der Waals surface area contributed by atoms with E-state index in [2.05, 4.69) is 46.4 Å². The number of hydrogen-bond donors (Lipinski definition) is 1. The third-order valence-electron chi connectivity index (χ3n) is 6.57. The minimum absolute atomic E-state index is 0.132. The molecule has 0 aliphatic carbocycles. The van der Waals surface area contributed by atoms with Crippen molar-refractivity contribution in [3.8, 4) is 45.1 Å². The fraction of sp³-hybridized carbons (Fsp3) is 0.0909. The minimum atomic E-state index is -0.969. The van der Waals surface area contributed by atoms with Crippen molar-refractivity contribution in [1.82, 2.24) is 19.7 Å². The normalized spacial score (nSPS) is 11.2. The second-order valence-corrected chi connectivity index (χ2v) is 9.71. The van der Waals surface area contributed by atoms with Crippen molar-refractivity contribution in [3.63, 3.8) is 0 Å². The van der Waals surface area contributed by atoms with Crippen LogP contribution in [0, 0.1) is 0 Å². The van der Waals surface area contributed by atoms with Gasteiger partial charge < -0.3 is 9.84 Å². The van der Waals surface area contributed by atoms with Gasteiger partial charge in [-0.3, -0.25) is 9.97 Å². The highest BCUT2D eigenvalue weighted by atomic mass is 16.5. The Bertz CT molecular complexity index is 1810. The standard InChI is InChI=1S/C33H26N4O3/c1-21(2)40-28-14-9-23(10-15-28)22-3-5-24(6-4-22)30-20-32(26-11-16-29-31(19-26)35-18-17-34-29)37(36-30)27-12-7-25(8-13-27)33(38)39/h3-21H,1-2H3,(H,38,39). The van der Waals surface area contributed by atoms with E-state index in [-0.39, 0.29) is 11.7 Å². The summed E-state index contributed by atoms with van der Waals surface area (Å²) in [6, 6.07) is 31.0. The number of nitrogens with zero attached hydrogens (tertiary/aromatic N) is 4. The summed E-state index contributed by atoms with van der Waals surface area (Å²) < 4.78 is 7.60. The highest BCUT2D eigenvalue weighted by Crippen LogP contribution is 2.32. The average molecular weight is 527 g/mol. The van der Waals surface area contributed by atoms with Crippen LogP contribution in [0.4, 0.5) is 0 Å². The van der Waals surface area contributed by atoms with Gasteiger partial charge in [0.1, 0.15) is 5.75 Å². The quantitative estimate of drug-likeness (QED) is 0.235. The first-order chi connectivity index (χ1) is 19.4. The molecule has 1 N–H and O–H groups in total. The molecule has 0 fully saturated rings. The van der Waals surface area contributed by atoms with Crippen LogP contribution in [0.25, 0.3) is 50.4 Å². The molecule has 0 aliphatic rings. The first-order valence-corrected chi connectivity index (χ1v) is 13.0. The van der Waals surface area contributed by atoms with Gasteiger partial charge in [-0.15, -0.1) is 0 Å². The molecule has 0 unspecified atom stereocenters. The highest BCUT2D eigenvalue weighted by molar-refractivity contribution is 5.88. The second kappa shape index (κ2) is 10.5. The molecule has 0 bridgehead atoms. The summed E-state index contributed by atoms with van der Waals surface area (Å²) in [7, 11) is 0. The van der Waals surface area contributed by atoms with Crippen LogP contribution < -0.4 is 4.74 Å². The lowest BCUT2D eigenvalue weighted by atomic mass is 10.0. The van der Waals surface area contributed by atoms with Crippen molar-refractivity contribution in [2.75, 3.05) is 0 Å². The Labute approximate surface area is 231 Å². The Hall–Kier alpha value is -5.30. The Morgan fingerprint density at radius 1 is 0.725 bits per heavy atom. The zero-order valence-corrected chi connectivity index (χ0v) is 22.0. The molecule has 196 valence electrons. The van der Waals surface area contributed by atoms with Crippen LogP contribution in [0.15, 0.2) is 109 Å². The largest absolute Gasteiger partial charge is 0.491 e. The number of benzene rings is 4. The minimum Gasteiger partial charge on any atom is -0.491 e. The van der Waals surface area contributed by atoms with E-state index in [1.807, 2.05) is 54.9 Å². The van der Waals surface area contributed by atoms with Crippen LogP contribution in [0.5, 0.6) is 5.75 Å². The fourth-order valence-electron chi connectivity index (χ4n) is 4.62. The van der Waals surface area contributed by atoms with Crippen LogP contribution in [0.2, 0.25) is 0 Å². The average Bonchev–Trinajstić information content (AvgIpc) is 3.43. The maximum absolute atomic E-state index is 11.4. The van der Waals surface area contributed by atoms with Gasteiger partial charge in [0.2, 0.25) is 0 Å². The van der Waals surface area contributed by atoms with E-state index < -0.39 is 5.97 Å². The molecule has 7 nitrogen and oxygen atoms in total. The topological polar surface area (TPSA) is 90.1 Å². The Balaban J connectivity index is 1.38. The van der Waals surface area contributed by atoms with Crippen LogP contribution in [0.3, 0.4) is 0 Å². The molecule has 40 heavy (non-hydrogen) atoms. The molecule has 0 atom stereocenters. The summed E-state index contributed by atoms with van der Waals surface area (Å²) in [5, 5.41) is 14.3.